The number of rotatable bonds is 5. The average Bonchev–Trinajstić information content (AvgIpc) is 2.44. The van der Waals surface area contributed by atoms with Crippen LogP contribution in [-0.2, 0) is 0 Å². The Kier molecular flexibility index (Phi) is 5.23. The third kappa shape index (κ3) is 3.09. The van der Waals surface area contributed by atoms with E-state index < -0.39 is 0 Å². The molecule has 0 aliphatic heterocycles. The van der Waals surface area contributed by atoms with Gasteiger partial charge in [0.15, 0.2) is 0 Å². The smallest absolute Gasteiger partial charge is 0.0433 e. The molecule has 0 amide bonds. The van der Waals surface area contributed by atoms with Gasteiger partial charge in [-0.1, -0.05) is 45.8 Å². The maximum atomic E-state index is 9.15. The lowest BCUT2D eigenvalue weighted by molar-refractivity contribution is -0.0504. The van der Waals surface area contributed by atoms with Gasteiger partial charge in [0, 0.05) is 6.61 Å². The molecule has 0 radical (unpaired) electrons. The van der Waals surface area contributed by atoms with Crippen LogP contribution in [0.2, 0.25) is 0 Å². The fourth-order valence-electron chi connectivity index (χ4n) is 5.25. The molecule has 0 heterocycles. The van der Waals surface area contributed by atoms with Gasteiger partial charge in [-0.05, 0) is 74.0 Å². The van der Waals surface area contributed by atoms with E-state index in [9.17, 15) is 0 Å². The van der Waals surface area contributed by atoms with E-state index in [-0.39, 0.29) is 0 Å². The van der Waals surface area contributed by atoms with Gasteiger partial charge in [0.05, 0.1) is 0 Å². The van der Waals surface area contributed by atoms with Crippen LogP contribution in [0.4, 0.5) is 0 Å². The molecule has 1 unspecified atom stereocenters. The van der Waals surface area contributed by atoms with Crippen molar-refractivity contribution >= 4 is 0 Å². The van der Waals surface area contributed by atoms with Gasteiger partial charge < -0.3 is 5.11 Å². The molecule has 0 aromatic rings. The first kappa shape index (κ1) is 17.1. The van der Waals surface area contributed by atoms with Gasteiger partial charge in [0.2, 0.25) is 0 Å². The Morgan fingerprint density at radius 1 is 1.29 bits per heavy atom. The second kappa shape index (κ2) is 6.44. The molecule has 0 saturated heterocycles. The minimum absolute atomic E-state index is 0.344. The van der Waals surface area contributed by atoms with Gasteiger partial charge in [-0.2, -0.15) is 0 Å². The monoisotopic (exact) mass is 292 g/mol. The Labute approximate surface area is 132 Å². The summed E-state index contributed by atoms with van der Waals surface area (Å²) in [5, 5.41) is 9.15. The zero-order valence-electron chi connectivity index (χ0n) is 14.9. The fraction of sp³-hybridized carbons (Fsp3) is 0.900. The van der Waals surface area contributed by atoms with E-state index in [0.717, 1.165) is 18.3 Å². The van der Waals surface area contributed by atoms with Crippen LogP contribution >= 0.6 is 0 Å². The summed E-state index contributed by atoms with van der Waals surface area (Å²) in [4.78, 5) is 0. The van der Waals surface area contributed by atoms with E-state index >= 15 is 0 Å². The Hall–Kier alpha value is -0.300. The van der Waals surface area contributed by atoms with E-state index in [0.29, 0.717) is 23.4 Å². The molecular formula is C20H36O. The van der Waals surface area contributed by atoms with Crippen molar-refractivity contribution in [3.63, 3.8) is 0 Å². The molecule has 1 N–H and O–H groups in total. The molecule has 1 nitrogen and oxygen atoms in total. The molecule has 2 aliphatic carbocycles. The second-order valence-electron chi connectivity index (χ2n) is 8.54. The van der Waals surface area contributed by atoms with Crippen molar-refractivity contribution in [1.29, 1.82) is 0 Å². The Morgan fingerprint density at radius 3 is 2.67 bits per heavy atom. The van der Waals surface area contributed by atoms with Crippen molar-refractivity contribution in [3.05, 3.63) is 11.6 Å². The van der Waals surface area contributed by atoms with E-state index in [2.05, 4.69) is 40.7 Å². The third-order valence-corrected chi connectivity index (χ3v) is 7.39. The number of hydrogen-bond donors (Lipinski definition) is 1. The summed E-state index contributed by atoms with van der Waals surface area (Å²) in [6.45, 7) is 12.6. The van der Waals surface area contributed by atoms with Crippen molar-refractivity contribution in [3.8, 4) is 0 Å². The Bertz CT molecular complexity index is 385. The number of hydrogen-bond acceptors (Lipinski definition) is 1. The van der Waals surface area contributed by atoms with Crippen molar-refractivity contribution < 1.29 is 5.11 Å². The van der Waals surface area contributed by atoms with Crippen LogP contribution in [0.3, 0.4) is 0 Å². The quantitative estimate of drug-likeness (QED) is 0.655. The minimum Gasteiger partial charge on any atom is -0.396 e. The number of aliphatic hydroxyl groups excluding tert-OH is 1. The van der Waals surface area contributed by atoms with Crippen LogP contribution in [0.1, 0.15) is 79.6 Å². The van der Waals surface area contributed by atoms with E-state index in [1.165, 1.54) is 38.5 Å². The molecule has 0 spiro atoms. The topological polar surface area (TPSA) is 20.2 Å². The summed E-state index contributed by atoms with van der Waals surface area (Å²) in [7, 11) is 0. The second-order valence-corrected chi connectivity index (χ2v) is 8.54. The molecular weight excluding hydrogens is 256 g/mol. The molecule has 5 atom stereocenters. The first-order chi connectivity index (χ1) is 9.84. The van der Waals surface area contributed by atoms with Crippen LogP contribution in [-0.4, -0.2) is 11.7 Å². The van der Waals surface area contributed by atoms with Crippen LogP contribution in [0.15, 0.2) is 11.6 Å². The normalized spacial score (nSPS) is 41.3. The van der Waals surface area contributed by atoms with Crippen LogP contribution in [0.5, 0.6) is 0 Å². The third-order valence-electron chi connectivity index (χ3n) is 7.39. The molecule has 2 aliphatic rings. The largest absolute Gasteiger partial charge is 0.396 e. The molecule has 2 rings (SSSR count). The SMILES string of the molecule is CC1=CCC[C@@H]2[C@@](C)(CCC(C)CCO)[C@H](C)CC[C@@]12C. The molecule has 1 heteroatoms. The summed E-state index contributed by atoms with van der Waals surface area (Å²) < 4.78 is 0. The summed E-state index contributed by atoms with van der Waals surface area (Å²) in [5.41, 5.74) is 2.58. The van der Waals surface area contributed by atoms with E-state index in [4.69, 9.17) is 5.11 Å². The fourth-order valence-corrected chi connectivity index (χ4v) is 5.25. The van der Waals surface area contributed by atoms with Crippen LogP contribution in [0, 0.1) is 28.6 Å². The highest BCUT2D eigenvalue weighted by Gasteiger charge is 2.52. The highest BCUT2D eigenvalue weighted by atomic mass is 16.3. The van der Waals surface area contributed by atoms with Gasteiger partial charge in [-0.15, -0.1) is 0 Å². The molecule has 0 aromatic carbocycles. The maximum Gasteiger partial charge on any atom is 0.0433 e. The molecule has 1 saturated carbocycles. The number of fused-ring (bicyclic) bond motifs is 1. The van der Waals surface area contributed by atoms with Gasteiger partial charge in [-0.25, -0.2) is 0 Å². The molecule has 0 aromatic heterocycles. The van der Waals surface area contributed by atoms with E-state index in [1.54, 1.807) is 5.57 Å². The summed E-state index contributed by atoms with van der Waals surface area (Å²) in [6, 6.07) is 0. The molecule has 0 bridgehead atoms. The Morgan fingerprint density at radius 2 is 2.00 bits per heavy atom. The summed E-state index contributed by atoms with van der Waals surface area (Å²) in [5.74, 6) is 2.34. The zero-order valence-corrected chi connectivity index (χ0v) is 14.9. The standard InChI is InChI=1S/C20H36O/c1-15(11-14-21)9-12-19(4)17(3)10-13-20(5)16(2)7-6-8-18(19)20/h7,15,17-18,21H,6,8-14H2,1-5H3/t15?,17-,18-,19+,20+/m1/s1. The first-order valence-electron chi connectivity index (χ1n) is 9.12. The highest BCUT2D eigenvalue weighted by Crippen LogP contribution is 2.61. The lowest BCUT2D eigenvalue weighted by Gasteiger charge is -2.58. The number of allylic oxidation sites excluding steroid dienone is 2. The van der Waals surface area contributed by atoms with Gasteiger partial charge >= 0.3 is 0 Å². The minimum atomic E-state index is 0.344. The summed E-state index contributed by atoms with van der Waals surface area (Å²) >= 11 is 0. The Balaban J connectivity index is 2.17. The predicted octanol–water partition coefficient (Wildman–Crippen LogP) is 5.58. The maximum absolute atomic E-state index is 9.15. The highest BCUT2D eigenvalue weighted by molar-refractivity contribution is 5.20. The van der Waals surface area contributed by atoms with Gasteiger partial charge in [0.1, 0.15) is 0 Å². The predicted molar refractivity (Wildman–Crippen MR) is 91.2 cm³/mol. The number of aliphatic hydroxyl groups is 1. The van der Waals surface area contributed by atoms with Crippen molar-refractivity contribution in [2.45, 2.75) is 79.6 Å². The van der Waals surface area contributed by atoms with Crippen molar-refractivity contribution in [2.24, 2.45) is 28.6 Å². The first-order valence-corrected chi connectivity index (χ1v) is 9.12. The van der Waals surface area contributed by atoms with Crippen LogP contribution < -0.4 is 0 Å². The van der Waals surface area contributed by atoms with Crippen molar-refractivity contribution in [1.82, 2.24) is 0 Å². The lowest BCUT2D eigenvalue weighted by atomic mass is 9.47. The molecule has 1 fully saturated rings. The van der Waals surface area contributed by atoms with Crippen LogP contribution in [0.25, 0.3) is 0 Å². The zero-order chi connectivity index (χ0) is 15.7. The van der Waals surface area contributed by atoms with Gasteiger partial charge in [0.25, 0.3) is 0 Å². The van der Waals surface area contributed by atoms with E-state index in [1.807, 2.05) is 0 Å². The molecule has 122 valence electrons. The average molecular weight is 293 g/mol. The molecule has 21 heavy (non-hydrogen) atoms. The summed E-state index contributed by atoms with van der Waals surface area (Å²) in [6.07, 6.45) is 11.5. The van der Waals surface area contributed by atoms with Crippen molar-refractivity contribution in [2.75, 3.05) is 6.61 Å². The van der Waals surface area contributed by atoms with Gasteiger partial charge in [-0.3, -0.25) is 0 Å². The lowest BCUT2D eigenvalue weighted by Crippen LogP contribution is -2.49.